The van der Waals surface area contributed by atoms with E-state index in [1.54, 1.807) is 7.11 Å². The summed E-state index contributed by atoms with van der Waals surface area (Å²) < 4.78 is 5.52. The first-order valence-corrected chi connectivity index (χ1v) is 6.27. The van der Waals surface area contributed by atoms with E-state index >= 15 is 0 Å². The molecule has 2 heterocycles. The molecule has 0 aliphatic carbocycles. The Morgan fingerprint density at radius 2 is 2.06 bits per heavy atom. The van der Waals surface area contributed by atoms with Crippen molar-refractivity contribution in [3.8, 4) is 5.75 Å². The smallest absolute Gasteiger partial charge is 0.142 e. The fraction of sp³-hybridized carbons (Fsp3) is 0.357. The molecule has 0 atom stereocenters. The van der Waals surface area contributed by atoms with Crippen LogP contribution in [-0.4, -0.2) is 38.3 Å². The van der Waals surface area contributed by atoms with Crippen LogP contribution >= 0.6 is 0 Å². The molecule has 0 radical (unpaired) electrons. The van der Waals surface area contributed by atoms with Gasteiger partial charge in [-0.3, -0.25) is 4.98 Å². The average Bonchev–Trinajstić information content (AvgIpc) is 2.47. The van der Waals surface area contributed by atoms with Gasteiger partial charge in [0.05, 0.1) is 18.3 Å². The maximum atomic E-state index is 5.52. The Bertz CT molecular complexity index is 550. The lowest BCUT2D eigenvalue weighted by Crippen LogP contribution is -2.43. The van der Waals surface area contributed by atoms with Crippen molar-refractivity contribution in [1.82, 2.24) is 10.3 Å². The number of pyridine rings is 1. The van der Waals surface area contributed by atoms with E-state index in [9.17, 15) is 0 Å². The van der Waals surface area contributed by atoms with Gasteiger partial charge in [-0.25, -0.2) is 0 Å². The molecule has 3 rings (SSSR count). The second-order valence-corrected chi connectivity index (χ2v) is 4.42. The molecule has 0 spiro atoms. The van der Waals surface area contributed by atoms with Crippen LogP contribution in [0.1, 0.15) is 0 Å². The lowest BCUT2D eigenvalue weighted by molar-refractivity contribution is 0.413. The van der Waals surface area contributed by atoms with Crippen LogP contribution in [0.3, 0.4) is 0 Å². The summed E-state index contributed by atoms with van der Waals surface area (Å²) in [6.07, 6.45) is 1.83. The number of nitrogens with zero attached hydrogens (tertiary/aromatic N) is 2. The highest BCUT2D eigenvalue weighted by Crippen LogP contribution is 2.35. The van der Waals surface area contributed by atoms with Crippen molar-refractivity contribution in [2.45, 2.75) is 0 Å². The number of piperazine rings is 1. The summed E-state index contributed by atoms with van der Waals surface area (Å²) in [5.41, 5.74) is 2.19. The minimum atomic E-state index is 0.928. The van der Waals surface area contributed by atoms with E-state index in [4.69, 9.17) is 4.74 Å². The van der Waals surface area contributed by atoms with E-state index < -0.39 is 0 Å². The van der Waals surface area contributed by atoms with Crippen LogP contribution in [0, 0.1) is 0 Å². The Hall–Kier alpha value is -1.81. The molecular formula is C14H17N3O. The summed E-state index contributed by atoms with van der Waals surface area (Å²) >= 11 is 0. The van der Waals surface area contributed by atoms with Crippen molar-refractivity contribution >= 4 is 16.6 Å². The molecule has 1 aromatic heterocycles. The molecule has 0 bridgehead atoms. The fourth-order valence-corrected chi connectivity index (χ4v) is 2.50. The van der Waals surface area contributed by atoms with Crippen LogP contribution in [0.25, 0.3) is 10.9 Å². The highest BCUT2D eigenvalue weighted by Gasteiger charge is 2.17. The predicted octanol–water partition coefficient (Wildman–Crippen LogP) is 1.65. The molecule has 0 unspecified atom stereocenters. The van der Waals surface area contributed by atoms with Crippen LogP contribution < -0.4 is 15.0 Å². The molecule has 18 heavy (non-hydrogen) atoms. The number of rotatable bonds is 2. The topological polar surface area (TPSA) is 37.4 Å². The van der Waals surface area contributed by atoms with Crippen LogP contribution in [0.2, 0.25) is 0 Å². The Balaban J connectivity index is 2.16. The van der Waals surface area contributed by atoms with Gasteiger partial charge in [0.15, 0.2) is 0 Å². The lowest BCUT2D eigenvalue weighted by Gasteiger charge is -2.31. The van der Waals surface area contributed by atoms with E-state index in [1.165, 1.54) is 11.1 Å². The molecule has 1 fully saturated rings. The van der Waals surface area contributed by atoms with E-state index in [2.05, 4.69) is 21.3 Å². The third-order valence-electron chi connectivity index (χ3n) is 3.37. The van der Waals surface area contributed by atoms with E-state index in [1.807, 2.05) is 24.4 Å². The molecule has 4 heteroatoms. The average molecular weight is 243 g/mol. The largest absolute Gasteiger partial charge is 0.495 e. The first-order chi connectivity index (χ1) is 8.90. The molecule has 1 N–H and O–H groups in total. The maximum absolute atomic E-state index is 5.52. The van der Waals surface area contributed by atoms with Crippen molar-refractivity contribution in [2.24, 2.45) is 0 Å². The number of ether oxygens (including phenoxy) is 1. The van der Waals surface area contributed by atoms with Crippen molar-refractivity contribution in [3.05, 3.63) is 30.5 Å². The number of anilines is 1. The Kier molecular flexibility index (Phi) is 3.02. The summed E-state index contributed by atoms with van der Waals surface area (Å²) in [4.78, 5) is 6.79. The quantitative estimate of drug-likeness (QED) is 0.870. The standard InChI is InChI=1S/C14H17N3O/c1-18-13-5-4-12-11(3-2-6-16-12)14(13)17-9-7-15-8-10-17/h2-6,15H,7-10H2,1H3. The van der Waals surface area contributed by atoms with Crippen molar-refractivity contribution < 1.29 is 4.74 Å². The number of benzene rings is 1. The summed E-state index contributed by atoms with van der Waals surface area (Å²) in [6.45, 7) is 4.04. The third kappa shape index (κ3) is 1.88. The highest BCUT2D eigenvalue weighted by molar-refractivity contribution is 5.95. The second kappa shape index (κ2) is 4.82. The molecule has 2 aromatic rings. The van der Waals surface area contributed by atoms with Crippen LogP contribution in [0.5, 0.6) is 5.75 Å². The van der Waals surface area contributed by atoms with Gasteiger partial charge in [-0.15, -0.1) is 0 Å². The molecule has 1 saturated heterocycles. The summed E-state index contributed by atoms with van der Waals surface area (Å²) in [5.74, 6) is 0.928. The van der Waals surface area contributed by atoms with Gasteiger partial charge in [0.25, 0.3) is 0 Å². The maximum Gasteiger partial charge on any atom is 0.142 e. The monoisotopic (exact) mass is 243 g/mol. The molecule has 1 aromatic carbocycles. The van der Waals surface area contributed by atoms with Crippen molar-refractivity contribution in [3.63, 3.8) is 0 Å². The lowest BCUT2D eigenvalue weighted by atomic mass is 10.1. The van der Waals surface area contributed by atoms with Crippen LogP contribution in [0.4, 0.5) is 5.69 Å². The number of nitrogens with one attached hydrogen (secondary N) is 1. The fourth-order valence-electron chi connectivity index (χ4n) is 2.50. The van der Waals surface area contributed by atoms with Gasteiger partial charge < -0.3 is 15.0 Å². The molecule has 94 valence electrons. The zero-order valence-corrected chi connectivity index (χ0v) is 10.5. The van der Waals surface area contributed by atoms with Crippen molar-refractivity contribution in [1.29, 1.82) is 0 Å². The summed E-state index contributed by atoms with van der Waals surface area (Å²) in [5, 5.41) is 4.54. The summed E-state index contributed by atoms with van der Waals surface area (Å²) in [6, 6.07) is 8.11. The molecule has 1 aliphatic rings. The van der Waals surface area contributed by atoms with E-state index in [-0.39, 0.29) is 0 Å². The SMILES string of the molecule is COc1ccc2ncccc2c1N1CCNCC1. The van der Waals surface area contributed by atoms with Crippen LogP contribution in [0.15, 0.2) is 30.5 Å². The van der Waals surface area contributed by atoms with Gasteiger partial charge in [0.2, 0.25) is 0 Å². The number of fused-ring (bicyclic) bond motifs is 1. The number of aromatic nitrogens is 1. The summed E-state index contributed by atoms with van der Waals surface area (Å²) in [7, 11) is 1.73. The second-order valence-electron chi connectivity index (χ2n) is 4.42. The Labute approximate surface area is 107 Å². The number of hydrogen-bond acceptors (Lipinski definition) is 4. The molecule has 4 nitrogen and oxygen atoms in total. The molecule has 0 amide bonds. The van der Waals surface area contributed by atoms with Gasteiger partial charge in [-0.1, -0.05) is 0 Å². The minimum Gasteiger partial charge on any atom is -0.495 e. The Morgan fingerprint density at radius 3 is 2.83 bits per heavy atom. The first-order valence-electron chi connectivity index (χ1n) is 6.27. The molecule has 0 saturated carbocycles. The first kappa shape index (κ1) is 11.3. The van der Waals surface area contributed by atoms with Crippen molar-refractivity contribution in [2.75, 3.05) is 38.2 Å². The molecule has 1 aliphatic heterocycles. The highest BCUT2D eigenvalue weighted by atomic mass is 16.5. The Morgan fingerprint density at radius 1 is 1.22 bits per heavy atom. The zero-order valence-electron chi connectivity index (χ0n) is 10.5. The van der Waals surface area contributed by atoms with Gasteiger partial charge in [-0.05, 0) is 24.3 Å². The van der Waals surface area contributed by atoms with Crippen LogP contribution in [-0.2, 0) is 0 Å². The zero-order chi connectivity index (χ0) is 12.4. The predicted molar refractivity (Wildman–Crippen MR) is 73.4 cm³/mol. The third-order valence-corrected chi connectivity index (χ3v) is 3.37. The molecular weight excluding hydrogens is 226 g/mol. The van der Waals surface area contributed by atoms with Gasteiger partial charge >= 0.3 is 0 Å². The number of hydrogen-bond donors (Lipinski definition) is 1. The normalized spacial score (nSPS) is 15.9. The van der Waals surface area contributed by atoms with E-state index in [0.717, 1.165) is 37.4 Å². The van der Waals surface area contributed by atoms with Gasteiger partial charge in [0.1, 0.15) is 5.75 Å². The van der Waals surface area contributed by atoms with Gasteiger partial charge in [0, 0.05) is 37.8 Å². The van der Waals surface area contributed by atoms with Gasteiger partial charge in [-0.2, -0.15) is 0 Å². The minimum absolute atomic E-state index is 0.928. The number of methoxy groups -OCH3 is 1. The van der Waals surface area contributed by atoms with E-state index in [0.29, 0.717) is 0 Å².